The van der Waals surface area contributed by atoms with Crippen molar-refractivity contribution in [3.05, 3.63) is 47.5 Å². The minimum atomic E-state index is -0.880. The van der Waals surface area contributed by atoms with Crippen LogP contribution in [0.1, 0.15) is 55.7 Å². The monoisotopic (exact) mass is 313 g/mol. The summed E-state index contributed by atoms with van der Waals surface area (Å²) in [4.78, 5) is 13.2. The molecule has 1 heterocycles. The number of likely N-dealkylation sites (tertiary alicyclic amines) is 1. The second kappa shape index (κ2) is 7.78. The van der Waals surface area contributed by atoms with Crippen LogP contribution in [0.3, 0.4) is 0 Å². The lowest BCUT2D eigenvalue weighted by molar-refractivity contribution is -0.131. The fourth-order valence-corrected chi connectivity index (χ4v) is 4.12. The van der Waals surface area contributed by atoms with Gasteiger partial charge in [-0.05, 0) is 55.7 Å². The smallest absolute Gasteiger partial charge is 0.327 e. The quantitative estimate of drug-likeness (QED) is 0.800. The lowest BCUT2D eigenvalue weighted by Crippen LogP contribution is -2.28. The van der Waals surface area contributed by atoms with Gasteiger partial charge in [-0.2, -0.15) is 0 Å². The van der Waals surface area contributed by atoms with E-state index in [0.717, 1.165) is 5.92 Å². The first-order chi connectivity index (χ1) is 11.2. The minimum absolute atomic E-state index is 0.583. The molecule has 2 fully saturated rings. The molecule has 0 spiro atoms. The number of allylic oxidation sites excluding steroid dienone is 1. The number of benzene rings is 1. The van der Waals surface area contributed by atoms with Crippen LogP contribution in [-0.4, -0.2) is 29.1 Å². The standard InChI is InChI=1S/C20H27NO2/c22-20(23)9-3-7-16-10-12-18(13-11-16)19-8-4-14-21(19)15-17-5-1-2-6-17/h3,9-13,17,19H,1-2,4-8,14-15H2,(H,22,23)/b9-3+/t19-/m0/s1. The minimum Gasteiger partial charge on any atom is -0.478 e. The third kappa shape index (κ3) is 4.44. The molecule has 3 heteroatoms. The van der Waals surface area contributed by atoms with Gasteiger partial charge < -0.3 is 5.11 Å². The van der Waals surface area contributed by atoms with Gasteiger partial charge in [-0.25, -0.2) is 4.79 Å². The van der Waals surface area contributed by atoms with Gasteiger partial charge in [-0.1, -0.05) is 43.2 Å². The van der Waals surface area contributed by atoms with E-state index in [4.69, 9.17) is 5.11 Å². The zero-order valence-corrected chi connectivity index (χ0v) is 13.8. The Morgan fingerprint density at radius 3 is 2.57 bits per heavy atom. The summed E-state index contributed by atoms with van der Waals surface area (Å²) in [7, 11) is 0. The molecule has 1 saturated heterocycles. The van der Waals surface area contributed by atoms with Crippen molar-refractivity contribution >= 4 is 5.97 Å². The number of carbonyl (C=O) groups is 1. The molecule has 1 atom stereocenters. The fourth-order valence-electron chi connectivity index (χ4n) is 4.12. The van der Waals surface area contributed by atoms with Gasteiger partial charge in [0.1, 0.15) is 0 Å². The van der Waals surface area contributed by atoms with Crippen LogP contribution in [0.15, 0.2) is 36.4 Å². The van der Waals surface area contributed by atoms with Gasteiger partial charge in [0.15, 0.2) is 0 Å². The molecule has 1 saturated carbocycles. The topological polar surface area (TPSA) is 40.5 Å². The Balaban J connectivity index is 1.60. The van der Waals surface area contributed by atoms with Crippen molar-refractivity contribution < 1.29 is 9.90 Å². The van der Waals surface area contributed by atoms with E-state index in [1.54, 1.807) is 6.08 Å². The van der Waals surface area contributed by atoms with Crippen LogP contribution in [0.5, 0.6) is 0 Å². The van der Waals surface area contributed by atoms with Crippen LogP contribution in [0.25, 0.3) is 0 Å². The Morgan fingerprint density at radius 2 is 1.87 bits per heavy atom. The second-order valence-corrected chi connectivity index (χ2v) is 6.99. The summed E-state index contributed by atoms with van der Waals surface area (Å²) in [6, 6.07) is 9.35. The Kier molecular flexibility index (Phi) is 5.50. The molecule has 23 heavy (non-hydrogen) atoms. The maximum atomic E-state index is 10.5. The molecule has 1 aliphatic carbocycles. The SMILES string of the molecule is O=C(O)/C=C/Cc1ccc([C@@H]2CCCN2CC2CCCC2)cc1. The molecule has 0 unspecified atom stereocenters. The maximum absolute atomic E-state index is 10.5. The molecule has 1 aromatic rings. The van der Waals surface area contributed by atoms with E-state index >= 15 is 0 Å². The number of carboxylic acid groups (broad SMARTS) is 1. The zero-order chi connectivity index (χ0) is 16.1. The molecule has 3 rings (SSSR count). The fraction of sp³-hybridized carbons (Fsp3) is 0.550. The van der Waals surface area contributed by atoms with E-state index in [1.807, 2.05) is 0 Å². The number of hydrogen-bond acceptors (Lipinski definition) is 2. The van der Waals surface area contributed by atoms with Gasteiger partial charge in [-0.15, -0.1) is 0 Å². The van der Waals surface area contributed by atoms with E-state index in [2.05, 4.69) is 29.2 Å². The molecular formula is C20H27NO2. The van der Waals surface area contributed by atoms with Gasteiger partial charge in [0.2, 0.25) is 0 Å². The van der Waals surface area contributed by atoms with Crippen LogP contribution < -0.4 is 0 Å². The van der Waals surface area contributed by atoms with Crippen molar-refractivity contribution in [3.8, 4) is 0 Å². The van der Waals surface area contributed by atoms with Crippen molar-refractivity contribution in [2.24, 2.45) is 5.92 Å². The van der Waals surface area contributed by atoms with E-state index in [1.165, 1.54) is 68.8 Å². The third-order valence-corrected chi connectivity index (χ3v) is 5.31. The first-order valence-electron chi connectivity index (χ1n) is 8.95. The Bertz CT molecular complexity index is 543. The van der Waals surface area contributed by atoms with Crippen LogP contribution >= 0.6 is 0 Å². The number of hydrogen-bond donors (Lipinski definition) is 1. The molecule has 1 aromatic carbocycles. The van der Waals surface area contributed by atoms with Crippen LogP contribution in [0.4, 0.5) is 0 Å². The van der Waals surface area contributed by atoms with Crippen molar-refractivity contribution in [2.45, 2.75) is 51.0 Å². The Labute approximate surface area is 139 Å². The van der Waals surface area contributed by atoms with Crippen LogP contribution in [0, 0.1) is 5.92 Å². The molecule has 0 amide bonds. The molecule has 1 N–H and O–H groups in total. The van der Waals surface area contributed by atoms with Crippen molar-refractivity contribution in [1.82, 2.24) is 4.90 Å². The predicted octanol–water partition coefficient (Wildman–Crippen LogP) is 4.20. The van der Waals surface area contributed by atoms with Crippen molar-refractivity contribution in [3.63, 3.8) is 0 Å². The lowest BCUT2D eigenvalue weighted by Gasteiger charge is -2.27. The van der Waals surface area contributed by atoms with E-state index in [-0.39, 0.29) is 0 Å². The maximum Gasteiger partial charge on any atom is 0.327 e. The van der Waals surface area contributed by atoms with E-state index in [9.17, 15) is 4.79 Å². The molecular weight excluding hydrogens is 286 g/mol. The van der Waals surface area contributed by atoms with Gasteiger partial charge >= 0.3 is 5.97 Å². The summed E-state index contributed by atoms with van der Waals surface area (Å²) in [5.41, 5.74) is 2.60. The van der Waals surface area contributed by atoms with Gasteiger partial charge in [-0.3, -0.25) is 4.90 Å². The van der Waals surface area contributed by atoms with Crippen molar-refractivity contribution in [1.29, 1.82) is 0 Å². The summed E-state index contributed by atoms with van der Waals surface area (Å²) < 4.78 is 0. The van der Waals surface area contributed by atoms with Gasteiger partial charge in [0.25, 0.3) is 0 Å². The highest BCUT2D eigenvalue weighted by molar-refractivity contribution is 5.79. The largest absolute Gasteiger partial charge is 0.478 e. The number of aliphatic carboxylic acids is 1. The molecule has 0 aromatic heterocycles. The summed E-state index contributed by atoms with van der Waals surface area (Å²) in [5, 5.41) is 8.63. The lowest BCUT2D eigenvalue weighted by atomic mass is 10.0. The average molecular weight is 313 g/mol. The number of carboxylic acids is 1. The first-order valence-corrected chi connectivity index (χ1v) is 8.95. The summed E-state index contributed by atoms with van der Waals surface area (Å²) in [5.74, 6) is 0.0335. The molecule has 2 aliphatic rings. The van der Waals surface area contributed by atoms with E-state index < -0.39 is 5.97 Å². The van der Waals surface area contributed by atoms with Crippen LogP contribution in [-0.2, 0) is 11.2 Å². The van der Waals surface area contributed by atoms with Crippen molar-refractivity contribution in [2.75, 3.05) is 13.1 Å². The molecule has 3 nitrogen and oxygen atoms in total. The highest BCUT2D eigenvalue weighted by atomic mass is 16.4. The second-order valence-electron chi connectivity index (χ2n) is 6.99. The predicted molar refractivity (Wildman–Crippen MR) is 92.4 cm³/mol. The molecule has 124 valence electrons. The summed E-state index contributed by atoms with van der Waals surface area (Å²) >= 11 is 0. The normalized spacial score (nSPS) is 23.0. The third-order valence-electron chi connectivity index (χ3n) is 5.31. The highest BCUT2D eigenvalue weighted by Gasteiger charge is 2.28. The number of rotatable bonds is 6. The Morgan fingerprint density at radius 1 is 1.13 bits per heavy atom. The highest BCUT2D eigenvalue weighted by Crippen LogP contribution is 2.35. The van der Waals surface area contributed by atoms with Crippen LogP contribution in [0.2, 0.25) is 0 Å². The van der Waals surface area contributed by atoms with E-state index in [0.29, 0.717) is 12.5 Å². The summed E-state index contributed by atoms with van der Waals surface area (Å²) in [6.07, 6.45) is 11.8. The molecule has 1 aliphatic heterocycles. The Hall–Kier alpha value is -1.61. The first kappa shape index (κ1) is 16.3. The number of nitrogens with zero attached hydrogens (tertiary/aromatic N) is 1. The zero-order valence-electron chi connectivity index (χ0n) is 13.8. The van der Waals surface area contributed by atoms with Gasteiger partial charge in [0, 0.05) is 18.7 Å². The molecule has 0 radical (unpaired) electrons. The summed E-state index contributed by atoms with van der Waals surface area (Å²) in [6.45, 7) is 2.51. The molecule has 0 bridgehead atoms. The van der Waals surface area contributed by atoms with Gasteiger partial charge in [0.05, 0.1) is 0 Å². The average Bonchev–Trinajstić information content (AvgIpc) is 3.20.